The molecule has 1 aromatic heterocycles. The fourth-order valence-corrected chi connectivity index (χ4v) is 2.26. The largest absolute Gasteiger partial charge is 0.386 e. The van der Waals surface area contributed by atoms with Crippen LogP contribution < -0.4 is 10.6 Å². The highest BCUT2D eigenvalue weighted by atomic mass is 79.9. The van der Waals surface area contributed by atoms with Crippen molar-refractivity contribution in [2.24, 2.45) is 0 Å². The van der Waals surface area contributed by atoms with Crippen LogP contribution in [0.15, 0.2) is 47.1 Å². The number of nitrogens with one attached hydrogen (secondary N) is 2. The van der Waals surface area contributed by atoms with Crippen LogP contribution in [0.1, 0.15) is 24.2 Å². The second kappa shape index (κ2) is 7.38. The zero-order chi connectivity index (χ0) is 16.1. The molecule has 22 heavy (non-hydrogen) atoms. The summed E-state index contributed by atoms with van der Waals surface area (Å²) in [5, 5.41) is 15.7. The number of halogens is 1. The third-order valence-electron chi connectivity index (χ3n) is 3.29. The Balaban J connectivity index is 1.96. The van der Waals surface area contributed by atoms with Crippen LogP contribution in [0.2, 0.25) is 0 Å². The average Bonchev–Trinajstić information content (AvgIpc) is 2.49. The highest BCUT2D eigenvalue weighted by Gasteiger charge is 2.18. The van der Waals surface area contributed by atoms with Gasteiger partial charge in [-0.2, -0.15) is 0 Å². The molecule has 0 saturated carbocycles. The molecule has 6 heteroatoms. The van der Waals surface area contributed by atoms with E-state index in [1.807, 2.05) is 37.3 Å². The standard InChI is InChI=1S/C16H18BrN3O2/c1-10-4-3-9-18-15(10)20-16(22)19-11(2)14(21)12-5-7-13(17)8-6-12/h3-9,11,14,21H,1-2H3,(H2,18,19,20,22)/t11-,14+/m1/s1. The lowest BCUT2D eigenvalue weighted by atomic mass is 10.0. The van der Waals surface area contributed by atoms with E-state index in [4.69, 9.17) is 0 Å². The molecule has 0 saturated heterocycles. The van der Waals surface area contributed by atoms with Crippen molar-refractivity contribution < 1.29 is 9.90 Å². The van der Waals surface area contributed by atoms with E-state index in [9.17, 15) is 9.90 Å². The number of aliphatic hydroxyl groups is 1. The first-order valence-corrected chi connectivity index (χ1v) is 7.69. The molecule has 0 unspecified atom stereocenters. The fraction of sp³-hybridized carbons (Fsp3) is 0.250. The maximum absolute atomic E-state index is 12.0. The van der Waals surface area contributed by atoms with Gasteiger partial charge >= 0.3 is 6.03 Å². The number of carbonyl (C=O) groups is 1. The van der Waals surface area contributed by atoms with Crippen LogP contribution in [0.4, 0.5) is 10.6 Å². The molecule has 0 aliphatic heterocycles. The molecule has 3 N–H and O–H groups in total. The van der Waals surface area contributed by atoms with Crippen molar-refractivity contribution in [2.75, 3.05) is 5.32 Å². The van der Waals surface area contributed by atoms with Crippen LogP contribution in [0.25, 0.3) is 0 Å². The average molecular weight is 364 g/mol. The first kappa shape index (κ1) is 16.5. The number of carbonyl (C=O) groups excluding carboxylic acids is 1. The molecule has 0 aliphatic rings. The van der Waals surface area contributed by atoms with Gasteiger partial charge in [-0.3, -0.25) is 5.32 Å². The predicted molar refractivity (Wildman–Crippen MR) is 89.7 cm³/mol. The topological polar surface area (TPSA) is 74.2 Å². The van der Waals surface area contributed by atoms with E-state index >= 15 is 0 Å². The smallest absolute Gasteiger partial charge is 0.320 e. The lowest BCUT2D eigenvalue weighted by Crippen LogP contribution is -2.40. The number of hydrogen-bond donors (Lipinski definition) is 3. The number of anilines is 1. The minimum Gasteiger partial charge on any atom is -0.386 e. The number of urea groups is 1. The Morgan fingerprint density at radius 3 is 2.59 bits per heavy atom. The zero-order valence-corrected chi connectivity index (χ0v) is 14.0. The maximum atomic E-state index is 12.0. The number of pyridine rings is 1. The summed E-state index contributed by atoms with van der Waals surface area (Å²) in [5.74, 6) is 0.505. The minimum absolute atomic E-state index is 0.398. The normalized spacial score (nSPS) is 13.3. The Bertz CT molecular complexity index is 646. The first-order chi connectivity index (χ1) is 10.5. The number of aromatic nitrogens is 1. The van der Waals surface area contributed by atoms with E-state index in [2.05, 4.69) is 31.5 Å². The van der Waals surface area contributed by atoms with Crippen molar-refractivity contribution >= 4 is 27.8 Å². The lowest BCUT2D eigenvalue weighted by molar-refractivity contribution is 0.139. The van der Waals surface area contributed by atoms with E-state index in [0.29, 0.717) is 5.82 Å². The summed E-state index contributed by atoms with van der Waals surface area (Å²) in [4.78, 5) is 16.1. The molecule has 2 atom stereocenters. The number of hydrogen-bond acceptors (Lipinski definition) is 3. The monoisotopic (exact) mass is 363 g/mol. The number of aryl methyl sites for hydroxylation is 1. The number of amides is 2. The minimum atomic E-state index is -0.788. The van der Waals surface area contributed by atoms with Gasteiger partial charge in [-0.05, 0) is 43.2 Å². The van der Waals surface area contributed by atoms with Crippen LogP contribution in [-0.4, -0.2) is 22.2 Å². The molecule has 0 fully saturated rings. The van der Waals surface area contributed by atoms with Gasteiger partial charge in [0.25, 0.3) is 0 Å². The summed E-state index contributed by atoms with van der Waals surface area (Å²) < 4.78 is 0.937. The molecule has 0 aliphatic carbocycles. The van der Waals surface area contributed by atoms with Gasteiger partial charge in [0.15, 0.2) is 0 Å². The molecular weight excluding hydrogens is 346 g/mol. The maximum Gasteiger partial charge on any atom is 0.320 e. The molecule has 0 bridgehead atoms. The van der Waals surface area contributed by atoms with Crippen LogP contribution in [0, 0.1) is 6.92 Å². The highest BCUT2D eigenvalue weighted by Crippen LogP contribution is 2.19. The van der Waals surface area contributed by atoms with Gasteiger partial charge in [0, 0.05) is 10.7 Å². The molecule has 2 aromatic rings. The molecule has 0 spiro atoms. The summed E-state index contributed by atoms with van der Waals surface area (Å²) in [6, 6.07) is 10.2. The summed E-state index contributed by atoms with van der Waals surface area (Å²) in [6.45, 7) is 3.61. The number of nitrogens with zero attached hydrogens (tertiary/aromatic N) is 1. The van der Waals surface area contributed by atoms with Gasteiger partial charge in [0.2, 0.25) is 0 Å². The molecule has 2 rings (SSSR count). The third kappa shape index (κ3) is 4.29. The summed E-state index contributed by atoms with van der Waals surface area (Å²) in [7, 11) is 0. The number of rotatable bonds is 4. The Morgan fingerprint density at radius 1 is 1.27 bits per heavy atom. The molecule has 0 radical (unpaired) electrons. The van der Waals surface area contributed by atoms with E-state index in [0.717, 1.165) is 15.6 Å². The second-order valence-corrected chi connectivity index (χ2v) is 5.97. The van der Waals surface area contributed by atoms with Crippen LogP contribution >= 0.6 is 15.9 Å². The van der Waals surface area contributed by atoms with Crippen molar-refractivity contribution in [3.63, 3.8) is 0 Å². The van der Waals surface area contributed by atoms with Crippen molar-refractivity contribution in [1.29, 1.82) is 0 Å². The van der Waals surface area contributed by atoms with Crippen LogP contribution in [-0.2, 0) is 0 Å². The third-order valence-corrected chi connectivity index (χ3v) is 3.81. The van der Waals surface area contributed by atoms with E-state index in [1.54, 1.807) is 19.2 Å². The number of aliphatic hydroxyl groups excluding tert-OH is 1. The molecule has 116 valence electrons. The van der Waals surface area contributed by atoms with Crippen molar-refractivity contribution in [3.05, 3.63) is 58.2 Å². The van der Waals surface area contributed by atoms with E-state index in [1.165, 1.54) is 0 Å². The summed E-state index contributed by atoms with van der Waals surface area (Å²) in [6.07, 6.45) is 0.826. The predicted octanol–water partition coefficient (Wildman–Crippen LogP) is 3.40. The van der Waals surface area contributed by atoms with Crippen LogP contribution in [0.5, 0.6) is 0 Å². The Hall–Kier alpha value is -1.92. The fourth-order valence-electron chi connectivity index (χ4n) is 1.99. The van der Waals surface area contributed by atoms with E-state index in [-0.39, 0.29) is 0 Å². The van der Waals surface area contributed by atoms with Crippen LogP contribution in [0.3, 0.4) is 0 Å². The first-order valence-electron chi connectivity index (χ1n) is 6.90. The van der Waals surface area contributed by atoms with Gasteiger partial charge in [0.05, 0.1) is 12.1 Å². The van der Waals surface area contributed by atoms with Crippen molar-refractivity contribution in [2.45, 2.75) is 26.0 Å². The summed E-state index contributed by atoms with van der Waals surface area (Å²) >= 11 is 3.35. The van der Waals surface area contributed by atoms with Crippen molar-refractivity contribution in [1.82, 2.24) is 10.3 Å². The molecule has 2 amide bonds. The summed E-state index contributed by atoms with van der Waals surface area (Å²) in [5.41, 5.74) is 1.61. The molecule has 1 aromatic carbocycles. The van der Waals surface area contributed by atoms with Gasteiger partial charge in [0.1, 0.15) is 5.82 Å². The Labute approximate surface area is 137 Å². The Morgan fingerprint density at radius 2 is 1.95 bits per heavy atom. The van der Waals surface area contributed by atoms with Gasteiger partial charge in [-0.15, -0.1) is 0 Å². The van der Waals surface area contributed by atoms with E-state index < -0.39 is 18.2 Å². The Kier molecular flexibility index (Phi) is 5.51. The quantitative estimate of drug-likeness (QED) is 0.779. The highest BCUT2D eigenvalue weighted by molar-refractivity contribution is 9.10. The second-order valence-electron chi connectivity index (χ2n) is 5.05. The van der Waals surface area contributed by atoms with Gasteiger partial charge in [-0.1, -0.05) is 34.1 Å². The SMILES string of the molecule is Cc1cccnc1NC(=O)N[C@H](C)[C@H](O)c1ccc(Br)cc1. The molecular formula is C16H18BrN3O2. The van der Waals surface area contributed by atoms with Gasteiger partial charge < -0.3 is 10.4 Å². The zero-order valence-electron chi connectivity index (χ0n) is 12.4. The number of benzene rings is 1. The van der Waals surface area contributed by atoms with Crippen molar-refractivity contribution in [3.8, 4) is 0 Å². The lowest BCUT2D eigenvalue weighted by Gasteiger charge is -2.21. The molecule has 1 heterocycles. The van der Waals surface area contributed by atoms with Gasteiger partial charge in [-0.25, -0.2) is 9.78 Å². The molecule has 5 nitrogen and oxygen atoms in total.